The van der Waals surface area contributed by atoms with Crippen LogP contribution in [0.4, 0.5) is 4.39 Å². The van der Waals surface area contributed by atoms with Crippen molar-refractivity contribution in [2.24, 2.45) is 0 Å². The maximum Gasteiger partial charge on any atom is 0.303 e. The molecule has 0 aliphatic rings. The molecule has 96 valence electrons. The summed E-state index contributed by atoms with van der Waals surface area (Å²) in [6, 6.07) is 5.06. The lowest BCUT2D eigenvalue weighted by molar-refractivity contribution is -0.138. The fourth-order valence-electron chi connectivity index (χ4n) is 1.25. The minimum atomic E-state index is -1.07. The van der Waals surface area contributed by atoms with Crippen molar-refractivity contribution >= 4 is 17.7 Å². The molecule has 0 aliphatic carbocycles. The SMILES string of the molecule is O=C(O)CCC(=O)CNC(=O)c1cccc(F)c1. The van der Waals surface area contributed by atoms with Gasteiger partial charge in [-0.1, -0.05) is 6.07 Å². The first kappa shape index (κ1) is 13.8. The Kier molecular flexibility index (Phi) is 4.98. The Morgan fingerprint density at radius 3 is 2.56 bits per heavy atom. The van der Waals surface area contributed by atoms with Crippen LogP contribution in [0.15, 0.2) is 24.3 Å². The first-order chi connectivity index (χ1) is 8.49. The third-order valence-electron chi connectivity index (χ3n) is 2.15. The molecule has 0 atom stereocenters. The average Bonchev–Trinajstić information content (AvgIpc) is 2.33. The second-order valence-corrected chi connectivity index (χ2v) is 3.63. The van der Waals surface area contributed by atoms with Crippen LogP contribution in [0.5, 0.6) is 0 Å². The van der Waals surface area contributed by atoms with Crippen molar-refractivity contribution in [1.29, 1.82) is 0 Å². The van der Waals surface area contributed by atoms with E-state index in [0.29, 0.717) is 0 Å². The van der Waals surface area contributed by atoms with E-state index in [9.17, 15) is 18.8 Å². The molecule has 2 N–H and O–H groups in total. The number of hydrogen-bond donors (Lipinski definition) is 2. The second kappa shape index (κ2) is 6.48. The van der Waals surface area contributed by atoms with Gasteiger partial charge < -0.3 is 10.4 Å². The Balaban J connectivity index is 2.42. The zero-order valence-electron chi connectivity index (χ0n) is 9.48. The third-order valence-corrected chi connectivity index (χ3v) is 2.15. The normalized spacial score (nSPS) is 9.83. The van der Waals surface area contributed by atoms with E-state index in [-0.39, 0.29) is 30.7 Å². The van der Waals surface area contributed by atoms with Crippen molar-refractivity contribution in [3.63, 3.8) is 0 Å². The first-order valence-corrected chi connectivity index (χ1v) is 5.26. The Bertz CT molecular complexity index is 473. The maximum absolute atomic E-state index is 12.8. The molecule has 0 bridgehead atoms. The summed E-state index contributed by atoms with van der Waals surface area (Å²) in [4.78, 5) is 32.9. The van der Waals surface area contributed by atoms with Crippen molar-refractivity contribution in [3.8, 4) is 0 Å². The van der Waals surface area contributed by atoms with Gasteiger partial charge in [0.2, 0.25) is 0 Å². The summed E-state index contributed by atoms with van der Waals surface area (Å²) in [6.07, 6.45) is -0.409. The van der Waals surface area contributed by atoms with E-state index in [1.54, 1.807) is 0 Å². The molecule has 1 amide bonds. The molecule has 18 heavy (non-hydrogen) atoms. The highest BCUT2D eigenvalue weighted by atomic mass is 19.1. The molecule has 0 spiro atoms. The number of rotatable bonds is 6. The van der Waals surface area contributed by atoms with Crippen molar-refractivity contribution < 1.29 is 23.9 Å². The van der Waals surface area contributed by atoms with Crippen LogP contribution in [0.25, 0.3) is 0 Å². The van der Waals surface area contributed by atoms with Crippen LogP contribution < -0.4 is 5.32 Å². The van der Waals surface area contributed by atoms with Gasteiger partial charge in [0.25, 0.3) is 5.91 Å². The molecule has 1 aromatic rings. The zero-order chi connectivity index (χ0) is 13.5. The van der Waals surface area contributed by atoms with E-state index in [2.05, 4.69) is 5.32 Å². The van der Waals surface area contributed by atoms with E-state index in [1.165, 1.54) is 18.2 Å². The zero-order valence-corrected chi connectivity index (χ0v) is 9.48. The molecule has 0 radical (unpaired) electrons. The van der Waals surface area contributed by atoms with Crippen LogP contribution in [-0.2, 0) is 9.59 Å². The van der Waals surface area contributed by atoms with Crippen molar-refractivity contribution in [3.05, 3.63) is 35.6 Å². The monoisotopic (exact) mass is 253 g/mol. The van der Waals surface area contributed by atoms with Gasteiger partial charge in [-0.2, -0.15) is 0 Å². The maximum atomic E-state index is 12.8. The highest BCUT2D eigenvalue weighted by Crippen LogP contribution is 2.03. The molecule has 0 aliphatic heterocycles. The van der Waals surface area contributed by atoms with Crippen molar-refractivity contribution in [2.75, 3.05) is 6.54 Å². The highest BCUT2D eigenvalue weighted by Gasteiger charge is 2.09. The molecule has 0 fully saturated rings. The van der Waals surface area contributed by atoms with Gasteiger partial charge in [-0.05, 0) is 18.2 Å². The molecule has 0 saturated carbocycles. The number of carboxylic acid groups (broad SMARTS) is 1. The van der Waals surface area contributed by atoms with E-state index < -0.39 is 17.7 Å². The summed E-state index contributed by atoms with van der Waals surface area (Å²) in [6.45, 7) is -0.261. The molecule has 1 rings (SSSR count). The minimum absolute atomic E-state index is 0.112. The van der Waals surface area contributed by atoms with E-state index in [1.807, 2.05) is 0 Å². The van der Waals surface area contributed by atoms with Gasteiger partial charge in [0, 0.05) is 12.0 Å². The lowest BCUT2D eigenvalue weighted by Gasteiger charge is -2.04. The predicted molar refractivity (Wildman–Crippen MR) is 60.6 cm³/mol. The number of nitrogens with one attached hydrogen (secondary N) is 1. The lowest BCUT2D eigenvalue weighted by Crippen LogP contribution is -2.29. The minimum Gasteiger partial charge on any atom is -0.481 e. The van der Waals surface area contributed by atoms with Gasteiger partial charge in [0.05, 0.1) is 13.0 Å². The molecule has 0 unspecified atom stereocenters. The van der Waals surface area contributed by atoms with E-state index in [0.717, 1.165) is 6.07 Å². The van der Waals surface area contributed by atoms with Crippen LogP contribution in [0, 0.1) is 5.82 Å². The Hall–Kier alpha value is -2.24. The van der Waals surface area contributed by atoms with Gasteiger partial charge >= 0.3 is 5.97 Å². The summed E-state index contributed by atoms with van der Waals surface area (Å²) < 4.78 is 12.8. The smallest absolute Gasteiger partial charge is 0.303 e. The van der Waals surface area contributed by atoms with Crippen LogP contribution in [0.1, 0.15) is 23.2 Å². The standard InChI is InChI=1S/C12H12FNO4/c13-9-3-1-2-8(6-9)12(18)14-7-10(15)4-5-11(16)17/h1-3,6H,4-5,7H2,(H,14,18)(H,16,17). The number of carboxylic acids is 1. The number of carbonyl (C=O) groups excluding carboxylic acids is 2. The van der Waals surface area contributed by atoms with Crippen molar-refractivity contribution in [2.45, 2.75) is 12.8 Å². The molecular formula is C12H12FNO4. The fraction of sp³-hybridized carbons (Fsp3) is 0.250. The van der Waals surface area contributed by atoms with Gasteiger partial charge in [-0.25, -0.2) is 4.39 Å². The molecule has 0 heterocycles. The molecule has 0 saturated heterocycles. The van der Waals surface area contributed by atoms with Crippen LogP contribution in [-0.4, -0.2) is 29.3 Å². The Labute approximate surface area is 103 Å². The predicted octanol–water partition coefficient (Wildman–Crippen LogP) is 0.989. The summed E-state index contributed by atoms with van der Waals surface area (Å²) in [5.41, 5.74) is 0.112. The number of halogens is 1. The number of aliphatic carboxylic acids is 1. The molecule has 5 nitrogen and oxygen atoms in total. The number of ketones is 1. The lowest BCUT2D eigenvalue weighted by atomic mass is 10.2. The van der Waals surface area contributed by atoms with E-state index in [4.69, 9.17) is 5.11 Å². The third kappa shape index (κ3) is 4.73. The topological polar surface area (TPSA) is 83.5 Å². The highest BCUT2D eigenvalue weighted by molar-refractivity contribution is 5.97. The van der Waals surface area contributed by atoms with Crippen LogP contribution in [0.2, 0.25) is 0 Å². The number of hydrogen-bond acceptors (Lipinski definition) is 3. The van der Waals surface area contributed by atoms with Gasteiger partial charge in [-0.15, -0.1) is 0 Å². The Morgan fingerprint density at radius 1 is 1.22 bits per heavy atom. The number of carbonyl (C=O) groups is 3. The molecular weight excluding hydrogens is 241 g/mol. The summed E-state index contributed by atoms with van der Waals surface area (Å²) in [7, 11) is 0. The fourth-order valence-corrected chi connectivity index (χ4v) is 1.25. The molecule has 6 heteroatoms. The average molecular weight is 253 g/mol. The quantitative estimate of drug-likeness (QED) is 0.791. The van der Waals surface area contributed by atoms with Crippen molar-refractivity contribution in [1.82, 2.24) is 5.32 Å². The number of benzene rings is 1. The largest absolute Gasteiger partial charge is 0.481 e. The first-order valence-electron chi connectivity index (χ1n) is 5.26. The molecule has 0 aromatic heterocycles. The molecule has 1 aromatic carbocycles. The van der Waals surface area contributed by atoms with E-state index >= 15 is 0 Å². The van der Waals surface area contributed by atoms with Gasteiger partial charge in [0.15, 0.2) is 5.78 Å². The second-order valence-electron chi connectivity index (χ2n) is 3.63. The Morgan fingerprint density at radius 2 is 1.94 bits per heavy atom. The van der Waals surface area contributed by atoms with Gasteiger partial charge in [-0.3, -0.25) is 14.4 Å². The summed E-state index contributed by atoms with van der Waals surface area (Å²) in [5, 5.41) is 10.7. The number of Topliss-reactive ketones (excluding diaryl/α,β-unsaturated/α-hetero) is 1. The summed E-state index contributed by atoms with van der Waals surface area (Å²) in [5.74, 6) is -2.57. The summed E-state index contributed by atoms with van der Waals surface area (Å²) >= 11 is 0. The van der Waals surface area contributed by atoms with Gasteiger partial charge in [0.1, 0.15) is 5.82 Å². The number of amides is 1. The van der Waals surface area contributed by atoms with Crippen LogP contribution >= 0.6 is 0 Å². The van der Waals surface area contributed by atoms with Crippen LogP contribution in [0.3, 0.4) is 0 Å².